The maximum Gasteiger partial charge on any atom is 0.416 e. The molecule has 0 spiro atoms. The first-order valence-corrected chi connectivity index (χ1v) is 11.0. The highest BCUT2D eigenvalue weighted by molar-refractivity contribution is 5.69. The van der Waals surface area contributed by atoms with Crippen molar-refractivity contribution in [3.8, 4) is 11.4 Å². The molecule has 0 N–H and O–H groups in total. The normalized spacial score (nSPS) is 19.4. The van der Waals surface area contributed by atoms with Gasteiger partial charge in [0.15, 0.2) is 0 Å². The van der Waals surface area contributed by atoms with Crippen LogP contribution in [0.3, 0.4) is 0 Å². The molecule has 1 aromatic carbocycles. The lowest BCUT2D eigenvalue weighted by atomic mass is 9.98. The van der Waals surface area contributed by atoms with Gasteiger partial charge >= 0.3 is 12.3 Å². The van der Waals surface area contributed by atoms with Gasteiger partial charge in [-0.3, -0.25) is 4.90 Å². The van der Waals surface area contributed by atoms with Crippen molar-refractivity contribution in [1.82, 2.24) is 15.0 Å². The fraction of sp³-hybridized carbons (Fsp3) is 0.609. The van der Waals surface area contributed by atoms with Crippen LogP contribution in [-0.4, -0.2) is 33.3 Å². The van der Waals surface area contributed by atoms with E-state index < -0.39 is 29.5 Å². The Kier molecular flexibility index (Phi) is 5.94. The van der Waals surface area contributed by atoms with E-state index in [1.54, 1.807) is 26.8 Å². The van der Waals surface area contributed by atoms with Crippen molar-refractivity contribution in [3.05, 3.63) is 35.2 Å². The minimum Gasteiger partial charge on any atom is -0.444 e. The summed E-state index contributed by atoms with van der Waals surface area (Å²) >= 11 is 0. The highest BCUT2D eigenvalue weighted by atomic mass is 19.4. The SMILES string of the molecule is CC(C)(C)OC(=O)N1CCC[C@H]1c1nc(-c2ccc(CCC3CC3)c(C(F)(F)F)c2)no1. The third-order valence-electron chi connectivity index (χ3n) is 5.80. The molecule has 1 amide bonds. The van der Waals surface area contributed by atoms with Crippen molar-refractivity contribution >= 4 is 6.09 Å². The number of hydrogen-bond acceptors (Lipinski definition) is 5. The summed E-state index contributed by atoms with van der Waals surface area (Å²) in [4.78, 5) is 18.4. The summed E-state index contributed by atoms with van der Waals surface area (Å²) in [6.45, 7) is 5.85. The fourth-order valence-corrected chi connectivity index (χ4v) is 4.01. The summed E-state index contributed by atoms with van der Waals surface area (Å²) in [5.41, 5.74) is -0.759. The zero-order valence-corrected chi connectivity index (χ0v) is 18.5. The van der Waals surface area contributed by atoms with Crippen molar-refractivity contribution in [2.45, 2.75) is 77.1 Å². The van der Waals surface area contributed by atoms with Crippen LogP contribution in [0.5, 0.6) is 0 Å². The van der Waals surface area contributed by atoms with Gasteiger partial charge in [0.1, 0.15) is 11.6 Å². The monoisotopic (exact) mass is 451 g/mol. The summed E-state index contributed by atoms with van der Waals surface area (Å²) in [7, 11) is 0. The summed E-state index contributed by atoms with van der Waals surface area (Å²) < 4.78 is 51.9. The molecule has 1 saturated carbocycles. The molecular weight excluding hydrogens is 423 g/mol. The molecule has 9 heteroatoms. The highest BCUT2D eigenvalue weighted by Gasteiger charge is 2.37. The molecule has 2 fully saturated rings. The molecule has 0 radical (unpaired) electrons. The zero-order valence-electron chi connectivity index (χ0n) is 18.5. The van der Waals surface area contributed by atoms with E-state index in [1.807, 2.05) is 0 Å². The average molecular weight is 451 g/mol. The van der Waals surface area contributed by atoms with E-state index in [1.165, 1.54) is 11.0 Å². The van der Waals surface area contributed by atoms with Gasteiger partial charge in [0, 0.05) is 12.1 Å². The fourth-order valence-electron chi connectivity index (χ4n) is 4.01. The Labute approximate surface area is 185 Å². The largest absolute Gasteiger partial charge is 0.444 e. The van der Waals surface area contributed by atoms with E-state index >= 15 is 0 Å². The standard InChI is InChI=1S/C23H28F3N3O3/c1-22(2,3)31-21(30)29-12-4-5-18(29)20-27-19(28-32-20)16-11-10-15(9-8-14-6-7-14)17(13-16)23(24,25)26/h10-11,13-14,18H,4-9,12H2,1-3H3/t18-/m0/s1. The number of carbonyl (C=O) groups is 1. The summed E-state index contributed by atoms with van der Waals surface area (Å²) in [6.07, 6.45) is -0.176. The second kappa shape index (κ2) is 8.41. The Balaban J connectivity index is 1.55. The number of ether oxygens (including phenoxy) is 1. The lowest BCUT2D eigenvalue weighted by Crippen LogP contribution is -2.36. The van der Waals surface area contributed by atoms with Crippen LogP contribution in [0.25, 0.3) is 11.4 Å². The molecule has 2 aliphatic rings. The van der Waals surface area contributed by atoms with Crippen LogP contribution in [0, 0.1) is 5.92 Å². The number of aromatic nitrogens is 2. The highest BCUT2D eigenvalue weighted by Crippen LogP contribution is 2.39. The van der Waals surface area contributed by atoms with Crippen LogP contribution < -0.4 is 0 Å². The molecule has 32 heavy (non-hydrogen) atoms. The van der Waals surface area contributed by atoms with Crippen molar-refractivity contribution in [2.75, 3.05) is 6.54 Å². The number of nitrogens with zero attached hydrogens (tertiary/aromatic N) is 3. The van der Waals surface area contributed by atoms with E-state index in [2.05, 4.69) is 10.1 Å². The first-order valence-electron chi connectivity index (χ1n) is 11.0. The minimum atomic E-state index is -4.46. The maximum atomic E-state index is 13.7. The number of aryl methyl sites for hydroxylation is 1. The lowest BCUT2D eigenvalue weighted by Gasteiger charge is -2.26. The van der Waals surface area contributed by atoms with E-state index in [4.69, 9.17) is 9.26 Å². The number of halogens is 3. The Morgan fingerprint density at radius 2 is 1.97 bits per heavy atom. The molecule has 1 saturated heterocycles. The molecular formula is C23H28F3N3O3. The van der Waals surface area contributed by atoms with Gasteiger partial charge in [0.05, 0.1) is 5.56 Å². The molecule has 0 unspecified atom stereocenters. The molecule has 1 aromatic heterocycles. The quantitative estimate of drug-likeness (QED) is 0.544. The van der Waals surface area contributed by atoms with Gasteiger partial charge in [-0.2, -0.15) is 18.2 Å². The van der Waals surface area contributed by atoms with Crippen LogP contribution in [-0.2, 0) is 17.3 Å². The topological polar surface area (TPSA) is 68.5 Å². The zero-order chi connectivity index (χ0) is 23.1. The van der Waals surface area contributed by atoms with Crippen LogP contribution >= 0.6 is 0 Å². The van der Waals surface area contributed by atoms with Gasteiger partial charge in [-0.05, 0) is 64.0 Å². The first-order chi connectivity index (χ1) is 15.0. The summed E-state index contributed by atoms with van der Waals surface area (Å²) in [5.74, 6) is 0.833. The third-order valence-corrected chi connectivity index (χ3v) is 5.80. The molecule has 1 atom stereocenters. The van der Waals surface area contributed by atoms with Crippen LogP contribution in [0.15, 0.2) is 22.7 Å². The Morgan fingerprint density at radius 1 is 1.22 bits per heavy atom. The van der Waals surface area contributed by atoms with Gasteiger partial charge in [0.2, 0.25) is 11.7 Å². The third kappa shape index (κ3) is 5.24. The lowest BCUT2D eigenvalue weighted by molar-refractivity contribution is -0.138. The predicted octanol–water partition coefficient (Wildman–Crippen LogP) is 6.17. The van der Waals surface area contributed by atoms with Crippen LogP contribution in [0.1, 0.15) is 75.9 Å². The van der Waals surface area contributed by atoms with Crippen molar-refractivity contribution in [1.29, 1.82) is 0 Å². The first kappa shape index (κ1) is 22.6. The van der Waals surface area contributed by atoms with E-state index in [-0.39, 0.29) is 17.3 Å². The molecule has 1 aliphatic heterocycles. The number of carbonyl (C=O) groups excluding carboxylic acids is 1. The van der Waals surface area contributed by atoms with Crippen molar-refractivity contribution in [3.63, 3.8) is 0 Å². The maximum absolute atomic E-state index is 13.7. The van der Waals surface area contributed by atoms with Gasteiger partial charge in [-0.15, -0.1) is 0 Å². The Bertz CT molecular complexity index is 977. The average Bonchev–Trinajstić information content (AvgIpc) is 3.18. The molecule has 2 heterocycles. The van der Waals surface area contributed by atoms with Crippen molar-refractivity contribution in [2.24, 2.45) is 5.92 Å². The molecule has 174 valence electrons. The number of alkyl halides is 3. The number of hydrogen-bond donors (Lipinski definition) is 0. The summed E-state index contributed by atoms with van der Waals surface area (Å²) in [6, 6.07) is 3.76. The van der Waals surface area contributed by atoms with Crippen molar-refractivity contribution < 1.29 is 27.2 Å². The van der Waals surface area contributed by atoms with Crippen LogP contribution in [0.2, 0.25) is 0 Å². The van der Waals surface area contributed by atoms with Gasteiger partial charge < -0.3 is 9.26 Å². The second-order valence-electron chi connectivity index (χ2n) is 9.64. The molecule has 0 bridgehead atoms. The molecule has 6 nitrogen and oxygen atoms in total. The number of amides is 1. The van der Waals surface area contributed by atoms with Gasteiger partial charge in [-0.25, -0.2) is 4.79 Å². The van der Waals surface area contributed by atoms with E-state index in [0.717, 1.165) is 31.7 Å². The second-order valence-corrected chi connectivity index (χ2v) is 9.64. The van der Waals surface area contributed by atoms with Gasteiger partial charge in [0.25, 0.3) is 0 Å². The minimum absolute atomic E-state index is 0.0790. The summed E-state index contributed by atoms with van der Waals surface area (Å²) in [5, 5.41) is 3.90. The number of benzene rings is 1. The number of rotatable bonds is 5. The molecule has 2 aromatic rings. The van der Waals surface area contributed by atoms with Crippen LogP contribution in [0.4, 0.5) is 18.0 Å². The van der Waals surface area contributed by atoms with E-state index in [0.29, 0.717) is 30.9 Å². The van der Waals surface area contributed by atoms with Gasteiger partial charge in [-0.1, -0.05) is 30.1 Å². The predicted molar refractivity (Wildman–Crippen MR) is 111 cm³/mol. The molecule has 4 rings (SSSR count). The van der Waals surface area contributed by atoms with E-state index in [9.17, 15) is 18.0 Å². The molecule has 1 aliphatic carbocycles. The number of likely N-dealkylation sites (tertiary alicyclic amines) is 1. The smallest absolute Gasteiger partial charge is 0.416 e. The Hall–Kier alpha value is -2.58. The Morgan fingerprint density at radius 3 is 2.62 bits per heavy atom.